The molecule has 3 nitrogen and oxygen atoms in total. The molecular formula is C36H25N3. The molecule has 8 aromatic rings. The summed E-state index contributed by atoms with van der Waals surface area (Å²) in [5.74, 6) is 0. The topological polar surface area (TPSA) is 32.8 Å². The molecule has 0 amide bonds. The summed E-state index contributed by atoms with van der Waals surface area (Å²) in [6.45, 7) is 0. The van der Waals surface area contributed by atoms with Crippen LogP contribution in [-0.4, -0.2) is 9.55 Å². The number of fused-ring (bicyclic) bond motifs is 6. The van der Waals surface area contributed by atoms with Crippen LogP contribution in [-0.2, 0) is 0 Å². The number of aromatic amines is 1. The number of hydrogen-bond donors (Lipinski definition) is 2. The van der Waals surface area contributed by atoms with E-state index in [1.807, 2.05) is 0 Å². The lowest BCUT2D eigenvalue weighted by Crippen LogP contribution is -1.93. The van der Waals surface area contributed by atoms with Crippen LogP contribution in [0.2, 0.25) is 0 Å². The van der Waals surface area contributed by atoms with E-state index in [1.165, 1.54) is 49.4 Å². The van der Waals surface area contributed by atoms with E-state index in [9.17, 15) is 0 Å². The minimum atomic E-state index is 1.06. The molecule has 8 rings (SSSR count). The number of rotatable bonds is 4. The Labute approximate surface area is 226 Å². The van der Waals surface area contributed by atoms with E-state index < -0.39 is 0 Å². The summed E-state index contributed by atoms with van der Waals surface area (Å²) in [7, 11) is 0. The Balaban J connectivity index is 1.15. The van der Waals surface area contributed by atoms with E-state index in [4.69, 9.17) is 0 Å². The fourth-order valence-corrected chi connectivity index (χ4v) is 5.85. The van der Waals surface area contributed by atoms with Gasteiger partial charge in [0, 0.05) is 49.6 Å². The van der Waals surface area contributed by atoms with Gasteiger partial charge in [-0.25, -0.2) is 0 Å². The highest BCUT2D eigenvalue weighted by molar-refractivity contribution is 6.10. The van der Waals surface area contributed by atoms with Crippen LogP contribution in [0, 0.1) is 0 Å². The molecule has 184 valence electrons. The molecule has 2 heterocycles. The molecule has 0 fully saturated rings. The molecule has 0 unspecified atom stereocenters. The van der Waals surface area contributed by atoms with Crippen LogP contribution in [0.1, 0.15) is 0 Å². The molecule has 6 aromatic carbocycles. The summed E-state index contributed by atoms with van der Waals surface area (Å²) in [5, 5.41) is 8.61. The third-order valence-corrected chi connectivity index (χ3v) is 7.70. The summed E-state index contributed by atoms with van der Waals surface area (Å²) < 4.78 is 2.37. The third-order valence-electron chi connectivity index (χ3n) is 7.70. The Morgan fingerprint density at radius 3 is 1.95 bits per heavy atom. The number of nitrogens with one attached hydrogen (secondary N) is 2. The summed E-state index contributed by atoms with van der Waals surface area (Å²) in [6.07, 6.45) is 0. The zero-order valence-corrected chi connectivity index (χ0v) is 21.2. The monoisotopic (exact) mass is 499 g/mol. The summed E-state index contributed by atoms with van der Waals surface area (Å²) in [5.41, 5.74) is 10.4. The second kappa shape index (κ2) is 8.64. The normalized spacial score (nSPS) is 11.6. The van der Waals surface area contributed by atoms with Crippen molar-refractivity contribution in [2.45, 2.75) is 0 Å². The first-order valence-corrected chi connectivity index (χ1v) is 13.3. The average Bonchev–Trinajstić information content (AvgIpc) is 3.53. The zero-order chi connectivity index (χ0) is 25.8. The molecule has 0 saturated heterocycles. The molecule has 0 aliphatic heterocycles. The standard InChI is InChI=1S/C36H25N3/c1-2-8-28(9-3-1)39-35-13-7-5-11-31(35)32-20-16-25(22-36(32)39)24-14-17-26(18-15-24)37-27-19-21-30-29-10-4-6-12-33(29)38-34(30)23-27/h1-23,37-38H. The molecule has 0 bridgehead atoms. The van der Waals surface area contributed by atoms with Crippen LogP contribution in [0.5, 0.6) is 0 Å². The Hall–Kier alpha value is -5.28. The van der Waals surface area contributed by atoms with Gasteiger partial charge >= 0.3 is 0 Å². The maximum atomic E-state index is 3.57. The highest BCUT2D eigenvalue weighted by Crippen LogP contribution is 2.35. The van der Waals surface area contributed by atoms with Crippen LogP contribution < -0.4 is 5.32 Å². The molecule has 0 spiro atoms. The number of H-pyrrole nitrogens is 1. The number of benzene rings is 6. The molecule has 0 radical (unpaired) electrons. The maximum Gasteiger partial charge on any atom is 0.0547 e. The lowest BCUT2D eigenvalue weighted by Gasteiger charge is -2.10. The van der Waals surface area contributed by atoms with Gasteiger partial charge in [-0.3, -0.25) is 0 Å². The van der Waals surface area contributed by atoms with E-state index in [-0.39, 0.29) is 0 Å². The number of anilines is 2. The Morgan fingerprint density at radius 1 is 0.436 bits per heavy atom. The summed E-state index contributed by atoms with van der Waals surface area (Å²) >= 11 is 0. The second-order valence-corrected chi connectivity index (χ2v) is 10.1. The Kier molecular flexibility index (Phi) is 4.82. The van der Waals surface area contributed by atoms with Gasteiger partial charge in [0.15, 0.2) is 0 Å². The molecule has 0 atom stereocenters. The van der Waals surface area contributed by atoms with Gasteiger partial charge in [0.05, 0.1) is 11.0 Å². The molecule has 2 aromatic heterocycles. The minimum absolute atomic E-state index is 1.06. The van der Waals surface area contributed by atoms with Crippen molar-refractivity contribution in [1.82, 2.24) is 9.55 Å². The highest BCUT2D eigenvalue weighted by Gasteiger charge is 2.13. The van der Waals surface area contributed by atoms with Gasteiger partial charge in [-0.05, 0) is 65.7 Å². The molecule has 0 aliphatic carbocycles. The van der Waals surface area contributed by atoms with E-state index in [1.54, 1.807) is 0 Å². The SMILES string of the molecule is c1ccc(-n2c3ccccc3c3ccc(-c4ccc(Nc5ccc6c(c5)[nH]c5ccccc56)cc4)cc32)cc1. The highest BCUT2D eigenvalue weighted by atomic mass is 15.0. The van der Waals surface area contributed by atoms with Crippen molar-refractivity contribution in [3.05, 3.63) is 140 Å². The van der Waals surface area contributed by atoms with Crippen molar-refractivity contribution >= 4 is 55.0 Å². The lowest BCUT2D eigenvalue weighted by molar-refractivity contribution is 1.18. The predicted molar refractivity (Wildman–Crippen MR) is 165 cm³/mol. The molecule has 2 N–H and O–H groups in total. The molecule has 3 heteroatoms. The van der Waals surface area contributed by atoms with Crippen LogP contribution in [0.3, 0.4) is 0 Å². The van der Waals surface area contributed by atoms with E-state index in [0.29, 0.717) is 0 Å². The number of nitrogens with zero attached hydrogens (tertiary/aromatic N) is 1. The van der Waals surface area contributed by atoms with Crippen LogP contribution in [0.4, 0.5) is 11.4 Å². The van der Waals surface area contributed by atoms with Crippen molar-refractivity contribution in [3.63, 3.8) is 0 Å². The zero-order valence-electron chi connectivity index (χ0n) is 21.2. The van der Waals surface area contributed by atoms with Crippen molar-refractivity contribution in [2.24, 2.45) is 0 Å². The smallest absolute Gasteiger partial charge is 0.0547 e. The van der Waals surface area contributed by atoms with Gasteiger partial charge in [0.2, 0.25) is 0 Å². The first kappa shape index (κ1) is 21.8. The quantitative estimate of drug-likeness (QED) is 0.248. The van der Waals surface area contributed by atoms with Gasteiger partial charge in [-0.1, -0.05) is 84.9 Å². The predicted octanol–water partition coefficient (Wildman–Crippen LogP) is 9.83. The first-order valence-electron chi connectivity index (χ1n) is 13.3. The summed E-state index contributed by atoms with van der Waals surface area (Å²) in [4.78, 5) is 3.53. The Bertz CT molecular complexity index is 2130. The van der Waals surface area contributed by atoms with Crippen molar-refractivity contribution in [2.75, 3.05) is 5.32 Å². The molecule has 39 heavy (non-hydrogen) atoms. The van der Waals surface area contributed by atoms with Gasteiger partial charge in [0.1, 0.15) is 0 Å². The van der Waals surface area contributed by atoms with Crippen molar-refractivity contribution in [3.8, 4) is 16.8 Å². The second-order valence-electron chi connectivity index (χ2n) is 10.1. The van der Waals surface area contributed by atoms with Gasteiger partial charge in [0.25, 0.3) is 0 Å². The van der Waals surface area contributed by atoms with E-state index >= 15 is 0 Å². The van der Waals surface area contributed by atoms with E-state index in [2.05, 4.69) is 154 Å². The fraction of sp³-hybridized carbons (Fsp3) is 0. The van der Waals surface area contributed by atoms with Gasteiger partial charge in [-0.2, -0.15) is 0 Å². The van der Waals surface area contributed by atoms with Crippen molar-refractivity contribution in [1.29, 1.82) is 0 Å². The van der Waals surface area contributed by atoms with Crippen LogP contribution in [0.15, 0.2) is 140 Å². The average molecular weight is 500 g/mol. The Morgan fingerprint density at radius 2 is 1.08 bits per heavy atom. The van der Waals surface area contributed by atoms with Crippen molar-refractivity contribution < 1.29 is 0 Å². The fourth-order valence-electron chi connectivity index (χ4n) is 5.85. The summed E-state index contributed by atoms with van der Waals surface area (Å²) in [6, 6.07) is 49.7. The lowest BCUT2D eigenvalue weighted by atomic mass is 10.0. The third kappa shape index (κ3) is 3.59. The molecule has 0 aliphatic rings. The van der Waals surface area contributed by atoms with Gasteiger partial charge in [-0.15, -0.1) is 0 Å². The van der Waals surface area contributed by atoms with E-state index in [0.717, 1.165) is 22.4 Å². The van der Waals surface area contributed by atoms with Crippen LogP contribution >= 0.6 is 0 Å². The van der Waals surface area contributed by atoms with Crippen LogP contribution in [0.25, 0.3) is 60.4 Å². The maximum absolute atomic E-state index is 3.57. The molecular weight excluding hydrogens is 474 g/mol. The number of hydrogen-bond acceptors (Lipinski definition) is 1. The first-order chi connectivity index (χ1) is 19.3. The largest absolute Gasteiger partial charge is 0.355 e. The molecule has 0 saturated carbocycles. The number of para-hydroxylation sites is 3. The van der Waals surface area contributed by atoms with Gasteiger partial charge < -0.3 is 14.9 Å². The minimum Gasteiger partial charge on any atom is -0.355 e. The number of aromatic nitrogens is 2.